The van der Waals surface area contributed by atoms with Crippen LogP contribution in [0.5, 0.6) is 0 Å². The molecule has 0 aromatic carbocycles. The molecule has 0 aliphatic carbocycles. The summed E-state index contributed by atoms with van der Waals surface area (Å²) in [7, 11) is -3.79. The third kappa shape index (κ3) is 8.04. The maximum Gasteiger partial charge on any atom is 0.478 e. The molecule has 0 aliphatic heterocycles. The molecule has 0 rings (SSSR count). The van der Waals surface area contributed by atoms with Gasteiger partial charge in [0.1, 0.15) is 16.1 Å². The Bertz CT molecular complexity index is 267. The van der Waals surface area contributed by atoms with Crippen LogP contribution < -0.4 is 0 Å². The highest BCUT2D eigenvalue weighted by Crippen LogP contribution is 2.55. The van der Waals surface area contributed by atoms with Crippen molar-refractivity contribution in [2.24, 2.45) is 5.41 Å². The monoisotopic (exact) mass is 370 g/mol. The first-order valence-electron chi connectivity index (χ1n) is 5.04. The highest BCUT2D eigenvalue weighted by molar-refractivity contribution is 9.09. The van der Waals surface area contributed by atoms with E-state index < -0.39 is 24.0 Å². The average Bonchev–Trinajstić information content (AvgIpc) is 1.96. The Morgan fingerprint density at radius 3 is 1.65 bits per heavy atom. The first kappa shape index (κ1) is 18.2. The molecule has 0 aromatic rings. The van der Waals surface area contributed by atoms with Crippen LogP contribution in [0.1, 0.15) is 34.6 Å². The Kier molecular flexibility index (Phi) is 7.57. The molecule has 0 aromatic heterocycles. The fraction of sp³-hybridized carbons (Fsp3) is 1.00. The van der Waals surface area contributed by atoms with Crippen LogP contribution in [0, 0.1) is 5.41 Å². The topological polar surface area (TPSA) is 44.8 Å². The average molecular weight is 372 g/mol. The summed E-state index contributed by atoms with van der Waals surface area (Å²) in [6.45, 7) is 8.75. The van der Waals surface area contributed by atoms with Gasteiger partial charge in [-0.25, -0.2) is 4.57 Å². The number of hydrogen-bond donors (Lipinski definition) is 0. The highest BCUT2D eigenvalue weighted by Gasteiger charge is 2.37. The first-order valence-corrected chi connectivity index (χ1v) is 8.28. The van der Waals surface area contributed by atoms with Crippen molar-refractivity contribution in [1.29, 1.82) is 0 Å². The second-order valence-electron chi connectivity index (χ2n) is 4.53. The minimum absolute atomic E-state index is 0.284. The summed E-state index contributed by atoms with van der Waals surface area (Å²) in [4.78, 5) is 0. The van der Waals surface area contributed by atoms with Gasteiger partial charge in [-0.15, -0.1) is 0 Å². The summed E-state index contributed by atoms with van der Waals surface area (Å²) in [5, 5.41) is -0.522. The van der Waals surface area contributed by atoms with Crippen LogP contribution in [0.3, 0.4) is 0 Å². The molecule has 104 valence electrons. The zero-order valence-electron chi connectivity index (χ0n) is 10.4. The first-order chi connectivity index (χ1) is 7.46. The van der Waals surface area contributed by atoms with Gasteiger partial charge >= 0.3 is 7.82 Å². The van der Waals surface area contributed by atoms with Gasteiger partial charge in [0.05, 0.1) is 0 Å². The van der Waals surface area contributed by atoms with E-state index in [0.29, 0.717) is 0 Å². The standard InChI is InChI=1S/C9H18BrCl2O4P/c1-6(11)14-17(13,15-7(2)12)16-8(10)9(3,4)5/h6-8H,1-5H3. The van der Waals surface area contributed by atoms with Crippen LogP contribution in [0.4, 0.5) is 0 Å². The normalized spacial score (nSPS) is 21.6. The fourth-order valence-electron chi connectivity index (χ4n) is 0.702. The van der Waals surface area contributed by atoms with Crippen molar-refractivity contribution in [3.05, 3.63) is 0 Å². The van der Waals surface area contributed by atoms with Crippen LogP contribution in [0.25, 0.3) is 0 Å². The largest absolute Gasteiger partial charge is 0.478 e. The molecule has 0 spiro atoms. The Morgan fingerprint density at radius 2 is 1.41 bits per heavy atom. The van der Waals surface area contributed by atoms with Crippen molar-refractivity contribution in [1.82, 2.24) is 0 Å². The number of rotatable bonds is 6. The summed E-state index contributed by atoms with van der Waals surface area (Å²) in [6.07, 6.45) is 0. The lowest BCUT2D eigenvalue weighted by molar-refractivity contribution is 0.0656. The van der Waals surface area contributed by atoms with Gasteiger partial charge in [0, 0.05) is 0 Å². The molecule has 17 heavy (non-hydrogen) atoms. The van der Waals surface area contributed by atoms with E-state index in [0.717, 1.165) is 0 Å². The molecule has 0 fully saturated rings. The highest BCUT2D eigenvalue weighted by atomic mass is 79.9. The molecule has 0 bridgehead atoms. The quantitative estimate of drug-likeness (QED) is 0.482. The van der Waals surface area contributed by atoms with E-state index in [1.807, 2.05) is 20.8 Å². The lowest BCUT2D eigenvalue weighted by Gasteiger charge is -2.29. The second-order valence-corrected chi connectivity index (χ2v) is 8.12. The Labute approximate surface area is 121 Å². The number of alkyl halides is 3. The molecule has 4 nitrogen and oxygen atoms in total. The van der Waals surface area contributed by atoms with Crippen molar-refractivity contribution in [3.63, 3.8) is 0 Å². The predicted molar refractivity (Wildman–Crippen MR) is 73.7 cm³/mol. The van der Waals surface area contributed by atoms with E-state index in [-0.39, 0.29) is 5.41 Å². The molecule has 0 saturated heterocycles. The van der Waals surface area contributed by atoms with Gasteiger partial charge < -0.3 is 0 Å². The number of hydrogen-bond acceptors (Lipinski definition) is 4. The van der Waals surface area contributed by atoms with E-state index in [2.05, 4.69) is 15.9 Å². The van der Waals surface area contributed by atoms with Gasteiger partial charge in [-0.2, -0.15) is 0 Å². The molecule has 0 heterocycles. The van der Waals surface area contributed by atoms with Gasteiger partial charge in [0.15, 0.2) is 0 Å². The number of halogens is 3. The Morgan fingerprint density at radius 1 is 1.06 bits per heavy atom. The smallest absolute Gasteiger partial charge is 0.271 e. The molecule has 3 unspecified atom stereocenters. The molecule has 0 saturated carbocycles. The lowest BCUT2D eigenvalue weighted by Crippen LogP contribution is -2.24. The Hall–Kier alpha value is 1.17. The summed E-state index contributed by atoms with van der Waals surface area (Å²) in [5.74, 6) is 0. The van der Waals surface area contributed by atoms with Crippen LogP contribution >= 0.6 is 47.0 Å². The number of phosphoric ester groups is 1. The summed E-state index contributed by atoms with van der Waals surface area (Å²) in [5.41, 5.74) is -1.90. The van der Waals surface area contributed by atoms with Gasteiger partial charge in [-0.1, -0.05) is 59.9 Å². The minimum atomic E-state index is -3.79. The van der Waals surface area contributed by atoms with Gasteiger partial charge in [0.2, 0.25) is 0 Å². The molecular weight excluding hydrogens is 354 g/mol. The third-order valence-corrected chi connectivity index (χ3v) is 5.35. The molecule has 0 radical (unpaired) electrons. The predicted octanol–water partition coefficient (Wildman–Crippen LogP) is 5.08. The number of phosphoric acid groups is 1. The maximum absolute atomic E-state index is 12.2. The van der Waals surface area contributed by atoms with Gasteiger partial charge in [0.25, 0.3) is 0 Å². The molecule has 0 amide bonds. The van der Waals surface area contributed by atoms with E-state index >= 15 is 0 Å². The van der Waals surface area contributed by atoms with Crippen molar-refractivity contribution in [2.45, 2.75) is 50.8 Å². The minimum Gasteiger partial charge on any atom is -0.271 e. The SMILES string of the molecule is CC(Cl)OP(=O)(OC(C)Cl)OC(Br)C(C)(C)C. The second kappa shape index (κ2) is 7.09. The molecule has 8 heteroatoms. The van der Waals surface area contributed by atoms with Crippen molar-refractivity contribution < 1.29 is 18.1 Å². The molecule has 0 N–H and O–H groups in total. The van der Waals surface area contributed by atoms with E-state index in [1.54, 1.807) is 0 Å². The van der Waals surface area contributed by atoms with Gasteiger partial charge in [-0.3, -0.25) is 13.6 Å². The van der Waals surface area contributed by atoms with Crippen molar-refractivity contribution >= 4 is 47.0 Å². The third-order valence-electron chi connectivity index (χ3n) is 1.45. The van der Waals surface area contributed by atoms with E-state index in [1.165, 1.54) is 13.8 Å². The fourth-order valence-corrected chi connectivity index (χ4v) is 3.31. The van der Waals surface area contributed by atoms with Crippen LogP contribution in [-0.2, 0) is 18.1 Å². The maximum atomic E-state index is 12.2. The van der Waals surface area contributed by atoms with E-state index in [4.69, 9.17) is 36.8 Å². The lowest BCUT2D eigenvalue weighted by atomic mass is 9.99. The molecular formula is C9H18BrCl2O4P. The van der Waals surface area contributed by atoms with Gasteiger partial charge in [-0.05, 0) is 19.3 Å². The van der Waals surface area contributed by atoms with E-state index in [9.17, 15) is 4.57 Å². The van der Waals surface area contributed by atoms with Crippen LogP contribution in [0.2, 0.25) is 0 Å². The van der Waals surface area contributed by atoms with Crippen molar-refractivity contribution in [2.75, 3.05) is 0 Å². The molecule has 0 aliphatic rings. The Balaban J connectivity index is 4.76. The van der Waals surface area contributed by atoms with Crippen molar-refractivity contribution in [3.8, 4) is 0 Å². The summed E-state index contributed by atoms with van der Waals surface area (Å²) >= 11 is 14.5. The van der Waals surface area contributed by atoms with Crippen LogP contribution in [-0.4, -0.2) is 16.1 Å². The molecule has 3 atom stereocenters. The van der Waals surface area contributed by atoms with Crippen LogP contribution in [0.15, 0.2) is 0 Å². The zero-order valence-corrected chi connectivity index (χ0v) is 14.4. The summed E-state index contributed by atoms with van der Waals surface area (Å²) in [6, 6.07) is 0. The summed E-state index contributed by atoms with van der Waals surface area (Å²) < 4.78 is 27.5. The zero-order chi connectivity index (χ0) is 13.9.